The van der Waals surface area contributed by atoms with Gasteiger partial charge in [-0.3, -0.25) is 0 Å². The predicted molar refractivity (Wildman–Crippen MR) is 69.3 cm³/mol. The summed E-state index contributed by atoms with van der Waals surface area (Å²) in [6.45, 7) is 4.44. The normalized spacial score (nSPS) is 37.6. The summed E-state index contributed by atoms with van der Waals surface area (Å²) in [7, 11) is 0. The van der Waals surface area contributed by atoms with E-state index in [1.165, 1.54) is 11.3 Å². The number of rotatable bonds is 2. The molecule has 0 spiro atoms. The number of ether oxygens (including phenoxy) is 1. The first-order valence-electron chi connectivity index (χ1n) is 4.88. The standard InChI is InChI=1S/C11H15IOS/c1-10(8-12)5-6-11(2,13-10)9-4-3-7-14-9/h3-4,7H,5-6,8H2,1-2H3. The van der Waals surface area contributed by atoms with Gasteiger partial charge in [-0.15, -0.1) is 11.3 Å². The molecule has 2 rings (SSSR count). The van der Waals surface area contributed by atoms with E-state index >= 15 is 0 Å². The van der Waals surface area contributed by atoms with Crippen LogP contribution in [0.5, 0.6) is 0 Å². The SMILES string of the molecule is CC1(CI)CCC(C)(c2cccs2)O1. The van der Waals surface area contributed by atoms with Crippen LogP contribution in [0.25, 0.3) is 0 Å². The fraction of sp³-hybridized carbons (Fsp3) is 0.636. The highest BCUT2D eigenvalue weighted by atomic mass is 127. The van der Waals surface area contributed by atoms with E-state index in [0.29, 0.717) is 0 Å². The number of alkyl halides is 1. The summed E-state index contributed by atoms with van der Waals surface area (Å²) in [5.41, 5.74) is 0.0490. The second-order valence-corrected chi connectivity index (χ2v) is 6.10. The lowest BCUT2D eigenvalue weighted by atomic mass is 9.98. The molecule has 0 aromatic carbocycles. The summed E-state index contributed by atoms with van der Waals surface area (Å²) in [4.78, 5) is 1.37. The van der Waals surface area contributed by atoms with E-state index < -0.39 is 0 Å². The van der Waals surface area contributed by atoms with Gasteiger partial charge >= 0.3 is 0 Å². The first-order valence-corrected chi connectivity index (χ1v) is 7.29. The molecule has 1 fully saturated rings. The molecule has 14 heavy (non-hydrogen) atoms. The number of thiophene rings is 1. The van der Waals surface area contributed by atoms with Crippen molar-refractivity contribution in [2.75, 3.05) is 4.43 Å². The average molecular weight is 322 g/mol. The molecule has 1 aromatic rings. The Bertz CT molecular complexity index is 311. The van der Waals surface area contributed by atoms with Crippen LogP contribution in [0.3, 0.4) is 0 Å². The Morgan fingerprint density at radius 1 is 1.50 bits per heavy atom. The maximum Gasteiger partial charge on any atom is 0.100 e. The highest BCUT2D eigenvalue weighted by Gasteiger charge is 2.44. The van der Waals surface area contributed by atoms with Gasteiger partial charge in [0.15, 0.2) is 0 Å². The minimum atomic E-state index is -0.0336. The zero-order chi connectivity index (χ0) is 10.2. The van der Waals surface area contributed by atoms with Gasteiger partial charge in [0.25, 0.3) is 0 Å². The first kappa shape index (κ1) is 10.9. The van der Waals surface area contributed by atoms with Gasteiger partial charge in [-0.05, 0) is 38.1 Å². The van der Waals surface area contributed by atoms with Gasteiger partial charge in [-0.1, -0.05) is 28.7 Å². The fourth-order valence-corrected chi connectivity index (χ4v) is 3.39. The average Bonchev–Trinajstić information content (AvgIpc) is 2.75. The van der Waals surface area contributed by atoms with Crippen LogP contribution in [0.1, 0.15) is 31.6 Å². The minimum Gasteiger partial charge on any atom is -0.363 e. The summed E-state index contributed by atoms with van der Waals surface area (Å²) >= 11 is 4.22. The molecule has 78 valence electrons. The van der Waals surface area contributed by atoms with Gasteiger partial charge in [0.1, 0.15) is 5.60 Å². The molecular weight excluding hydrogens is 307 g/mol. The van der Waals surface area contributed by atoms with Crippen LogP contribution in [0.4, 0.5) is 0 Å². The monoisotopic (exact) mass is 322 g/mol. The Morgan fingerprint density at radius 3 is 2.79 bits per heavy atom. The molecule has 1 aromatic heterocycles. The Morgan fingerprint density at radius 2 is 2.29 bits per heavy atom. The fourth-order valence-electron chi connectivity index (χ4n) is 2.00. The van der Waals surface area contributed by atoms with Crippen molar-refractivity contribution in [3.63, 3.8) is 0 Å². The lowest BCUT2D eigenvalue weighted by molar-refractivity contribution is -0.0731. The van der Waals surface area contributed by atoms with Crippen molar-refractivity contribution in [2.24, 2.45) is 0 Å². The second-order valence-electron chi connectivity index (χ2n) is 4.39. The maximum atomic E-state index is 6.23. The largest absolute Gasteiger partial charge is 0.363 e. The van der Waals surface area contributed by atoms with Gasteiger partial charge in [-0.2, -0.15) is 0 Å². The van der Waals surface area contributed by atoms with E-state index in [0.717, 1.165) is 10.8 Å². The van der Waals surface area contributed by atoms with Gasteiger partial charge in [-0.25, -0.2) is 0 Å². The third kappa shape index (κ3) is 1.86. The quantitative estimate of drug-likeness (QED) is 0.591. The molecule has 1 aliphatic rings. The van der Waals surface area contributed by atoms with Gasteiger partial charge in [0.2, 0.25) is 0 Å². The van der Waals surface area contributed by atoms with Crippen LogP contribution in [0.15, 0.2) is 17.5 Å². The summed E-state index contributed by atoms with van der Waals surface area (Å²) in [5.74, 6) is 0. The highest BCUT2D eigenvalue weighted by Crippen LogP contribution is 2.46. The van der Waals surface area contributed by atoms with E-state index in [4.69, 9.17) is 4.74 Å². The summed E-state index contributed by atoms with van der Waals surface area (Å²) in [6, 6.07) is 4.29. The third-order valence-corrected chi connectivity index (χ3v) is 5.66. The number of hydrogen-bond donors (Lipinski definition) is 0. The van der Waals surface area contributed by atoms with Crippen LogP contribution < -0.4 is 0 Å². The number of hydrogen-bond acceptors (Lipinski definition) is 2. The van der Waals surface area contributed by atoms with Crippen molar-refractivity contribution in [3.05, 3.63) is 22.4 Å². The molecule has 2 atom stereocenters. The number of halogens is 1. The smallest absolute Gasteiger partial charge is 0.100 e. The Labute approximate surface area is 103 Å². The van der Waals surface area contributed by atoms with E-state index in [9.17, 15) is 0 Å². The zero-order valence-electron chi connectivity index (χ0n) is 8.55. The van der Waals surface area contributed by atoms with Crippen LogP contribution in [0, 0.1) is 0 Å². The van der Waals surface area contributed by atoms with E-state index in [-0.39, 0.29) is 11.2 Å². The van der Waals surface area contributed by atoms with Crippen molar-refractivity contribution < 1.29 is 4.74 Å². The topological polar surface area (TPSA) is 9.23 Å². The molecule has 0 amide bonds. The van der Waals surface area contributed by atoms with Crippen molar-refractivity contribution in [2.45, 2.75) is 37.9 Å². The van der Waals surface area contributed by atoms with Crippen molar-refractivity contribution in [1.29, 1.82) is 0 Å². The molecule has 0 aliphatic carbocycles. The first-order chi connectivity index (χ1) is 6.58. The Kier molecular flexibility index (Phi) is 2.92. The molecule has 3 heteroatoms. The van der Waals surface area contributed by atoms with Crippen LogP contribution in [-0.4, -0.2) is 10.0 Å². The molecule has 0 radical (unpaired) electrons. The Hall–Kier alpha value is 0.390. The van der Waals surface area contributed by atoms with Crippen molar-refractivity contribution in [1.82, 2.24) is 0 Å². The van der Waals surface area contributed by atoms with E-state index in [1.807, 2.05) is 0 Å². The lowest BCUT2D eigenvalue weighted by Gasteiger charge is -2.28. The maximum absolute atomic E-state index is 6.23. The summed E-state index contributed by atoms with van der Waals surface area (Å²) < 4.78 is 7.31. The van der Waals surface area contributed by atoms with E-state index in [1.54, 1.807) is 11.3 Å². The predicted octanol–water partition coefficient (Wildman–Crippen LogP) is 3.97. The molecular formula is C11H15IOS. The zero-order valence-corrected chi connectivity index (χ0v) is 11.5. The van der Waals surface area contributed by atoms with Crippen molar-refractivity contribution in [3.8, 4) is 0 Å². The van der Waals surface area contributed by atoms with Gasteiger partial charge in [0.05, 0.1) is 5.60 Å². The molecule has 1 nitrogen and oxygen atoms in total. The second kappa shape index (κ2) is 3.76. The highest BCUT2D eigenvalue weighted by molar-refractivity contribution is 14.1. The van der Waals surface area contributed by atoms with Crippen LogP contribution in [0.2, 0.25) is 0 Å². The molecule has 1 saturated heterocycles. The Balaban J connectivity index is 2.21. The van der Waals surface area contributed by atoms with Gasteiger partial charge in [0, 0.05) is 9.30 Å². The van der Waals surface area contributed by atoms with Crippen LogP contribution in [-0.2, 0) is 10.3 Å². The van der Waals surface area contributed by atoms with E-state index in [2.05, 4.69) is 54.0 Å². The molecule has 0 bridgehead atoms. The lowest BCUT2D eigenvalue weighted by Crippen LogP contribution is -2.30. The molecule has 1 aliphatic heterocycles. The summed E-state index contributed by atoms with van der Waals surface area (Å²) in [5, 5.41) is 2.13. The molecule has 0 saturated carbocycles. The van der Waals surface area contributed by atoms with Gasteiger partial charge < -0.3 is 4.74 Å². The molecule has 2 unspecified atom stereocenters. The van der Waals surface area contributed by atoms with Crippen molar-refractivity contribution >= 4 is 33.9 Å². The molecule has 2 heterocycles. The van der Waals surface area contributed by atoms with Crippen LogP contribution >= 0.6 is 33.9 Å². The summed E-state index contributed by atoms with van der Waals surface area (Å²) in [6.07, 6.45) is 2.32. The minimum absolute atomic E-state index is 0.0336. The third-order valence-electron chi connectivity index (χ3n) is 2.93. The molecule has 0 N–H and O–H groups in total.